The number of aliphatic hydroxyl groups excluding tert-OH is 1. The molecule has 0 saturated carbocycles. The second-order valence-corrected chi connectivity index (χ2v) is 6.95. The quantitative estimate of drug-likeness (QED) is 0.208. The lowest BCUT2D eigenvalue weighted by Gasteiger charge is -2.03. The SMILES string of the molecule is CCCCCCCCCCCCCCCCC/C=C/NC(=O)NCO. The van der Waals surface area contributed by atoms with Gasteiger partial charge >= 0.3 is 6.03 Å². The molecule has 4 heteroatoms. The largest absolute Gasteiger partial charge is 0.376 e. The Morgan fingerprint density at radius 2 is 1.20 bits per heavy atom. The first kappa shape index (κ1) is 24.0. The van der Waals surface area contributed by atoms with Crippen LogP contribution in [0.5, 0.6) is 0 Å². The highest BCUT2D eigenvalue weighted by Gasteiger charge is 1.94. The van der Waals surface area contributed by atoms with E-state index in [1.807, 2.05) is 6.08 Å². The Labute approximate surface area is 155 Å². The lowest BCUT2D eigenvalue weighted by atomic mass is 10.0. The number of allylic oxidation sites excluding steroid dienone is 1. The molecule has 0 aromatic heterocycles. The summed E-state index contributed by atoms with van der Waals surface area (Å²) in [4.78, 5) is 11.0. The van der Waals surface area contributed by atoms with Crippen LogP contribution in [0, 0.1) is 0 Å². The Morgan fingerprint density at radius 1 is 0.760 bits per heavy atom. The van der Waals surface area contributed by atoms with Crippen molar-refractivity contribution in [2.24, 2.45) is 0 Å². The Balaban J connectivity index is 3.09. The van der Waals surface area contributed by atoms with Gasteiger partial charge in [0.2, 0.25) is 0 Å². The number of carbonyl (C=O) groups is 1. The highest BCUT2D eigenvalue weighted by atomic mass is 16.3. The van der Waals surface area contributed by atoms with Crippen molar-refractivity contribution in [2.45, 2.75) is 110 Å². The summed E-state index contributed by atoms with van der Waals surface area (Å²) in [5.74, 6) is 0. The predicted molar refractivity (Wildman–Crippen MR) is 107 cm³/mol. The summed E-state index contributed by atoms with van der Waals surface area (Å²) in [7, 11) is 0. The molecule has 0 aliphatic heterocycles. The number of aliphatic hydroxyl groups is 1. The van der Waals surface area contributed by atoms with Crippen molar-refractivity contribution in [1.29, 1.82) is 0 Å². The minimum absolute atomic E-state index is 0.335. The third-order valence-corrected chi connectivity index (χ3v) is 4.55. The molecule has 0 aromatic rings. The number of unbranched alkanes of at least 4 members (excludes halogenated alkanes) is 15. The molecule has 0 bridgehead atoms. The van der Waals surface area contributed by atoms with E-state index in [9.17, 15) is 4.79 Å². The summed E-state index contributed by atoms with van der Waals surface area (Å²) >= 11 is 0. The molecule has 0 saturated heterocycles. The van der Waals surface area contributed by atoms with Crippen molar-refractivity contribution in [3.05, 3.63) is 12.3 Å². The number of amides is 2. The molecule has 0 aromatic carbocycles. The van der Waals surface area contributed by atoms with Gasteiger partial charge in [0.1, 0.15) is 6.73 Å². The first-order valence-electron chi connectivity index (χ1n) is 10.6. The molecule has 0 unspecified atom stereocenters. The van der Waals surface area contributed by atoms with Gasteiger partial charge in [-0.3, -0.25) is 0 Å². The van der Waals surface area contributed by atoms with Gasteiger partial charge < -0.3 is 15.7 Å². The average Bonchev–Trinajstić information content (AvgIpc) is 2.61. The molecule has 0 aliphatic rings. The maximum atomic E-state index is 11.0. The van der Waals surface area contributed by atoms with E-state index in [1.54, 1.807) is 6.20 Å². The minimum Gasteiger partial charge on any atom is -0.376 e. The lowest BCUT2D eigenvalue weighted by Crippen LogP contribution is -2.32. The van der Waals surface area contributed by atoms with Crippen molar-refractivity contribution in [3.8, 4) is 0 Å². The molecule has 0 spiro atoms. The standard InChI is InChI=1S/C21H42N2O2/c1-2-3-4-5-6-7-8-9-10-11-12-13-14-15-16-17-18-19-22-21(25)23-20-24/h18-19,24H,2-17,20H2,1H3,(H2,22,23,25)/b19-18+. The van der Waals surface area contributed by atoms with E-state index < -0.39 is 0 Å². The monoisotopic (exact) mass is 354 g/mol. The van der Waals surface area contributed by atoms with Gasteiger partial charge in [-0.15, -0.1) is 0 Å². The Kier molecular flexibility index (Phi) is 20.1. The van der Waals surface area contributed by atoms with Gasteiger partial charge in [-0.2, -0.15) is 0 Å². The van der Waals surface area contributed by atoms with Gasteiger partial charge in [0.15, 0.2) is 0 Å². The molecule has 4 nitrogen and oxygen atoms in total. The number of nitrogens with one attached hydrogen (secondary N) is 2. The zero-order valence-electron chi connectivity index (χ0n) is 16.5. The van der Waals surface area contributed by atoms with Crippen LogP contribution in [0.3, 0.4) is 0 Å². The van der Waals surface area contributed by atoms with Crippen LogP contribution < -0.4 is 10.6 Å². The fourth-order valence-corrected chi connectivity index (χ4v) is 2.97. The van der Waals surface area contributed by atoms with Gasteiger partial charge in [0, 0.05) is 6.20 Å². The Hall–Kier alpha value is -1.03. The predicted octanol–water partition coefficient (Wildman–Crippen LogP) is 6.01. The van der Waals surface area contributed by atoms with Crippen LogP contribution in [-0.4, -0.2) is 17.9 Å². The zero-order chi connectivity index (χ0) is 18.4. The van der Waals surface area contributed by atoms with E-state index in [-0.39, 0.29) is 12.8 Å². The molecule has 148 valence electrons. The highest BCUT2D eigenvalue weighted by molar-refractivity contribution is 5.74. The molecule has 2 amide bonds. The fourth-order valence-electron chi connectivity index (χ4n) is 2.97. The Bertz CT molecular complexity index is 306. The highest BCUT2D eigenvalue weighted by Crippen LogP contribution is 2.13. The molecule has 0 aliphatic carbocycles. The summed E-state index contributed by atoms with van der Waals surface area (Å²) in [6.07, 6.45) is 25.3. The van der Waals surface area contributed by atoms with Crippen LogP contribution in [0.4, 0.5) is 4.79 Å². The van der Waals surface area contributed by atoms with E-state index in [1.165, 1.54) is 96.3 Å². The van der Waals surface area contributed by atoms with Gasteiger partial charge in [-0.1, -0.05) is 103 Å². The van der Waals surface area contributed by atoms with E-state index in [0.29, 0.717) is 0 Å². The van der Waals surface area contributed by atoms with Gasteiger partial charge in [-0.05, 0) is 12.8 Å². The average molecular weight is 355 g/mol. The van der Waals surface area contributed by atoms with E-state index in [2.05, 4.69) is 17.6 Å². The summed E-state index contributed by atoms with van der Waals surface area (Å²) in [5, 5.41) is 13.3. The molecular weight excluding hydrogens is 312 g/mol. The molecule has 0 atom stereocenters. The second kappa shape index (κ2) is 21.0. The molecule has 0 fully saturated rings. The van der Waals surface area contributed by atoms with Crippen LogP contribution >= 0.6 is 0 Å². The smallest absolute Gasteiger partial charge is 0.320 e. The fraction of sp³-hybridized carbons (Fsp3) is 0.857. The maximum absolute atomic E-state index is 11.0. The molecule has 0 heterocycles. The Morgan fingerprint density at radius 3 is 1.64 bits per heavy atom. The summed E-state index contributed by atoms with van der Waals surface area (Å²) in [5.41, 5.74) is 0. The number of hydrogen-bond donors (Lipinski definition) is 3. The van der Waals surface area contributed by atoms with Crippen molar-refractivity contribution in [2.75, 3.05) is 6.73 Å². The van der Waals surface area contributed by atoms with Crippen molar-refractivity contribution in [1.82, 2.24) is 10.6 Å². The van der Waals surface area contributed by atoms with Gasteiger partial charge in [0.05, 0.1) is 0 Å². The summed E-state index contributed by atoms with van der Waals surface area (Å²) in [6, 6.07) is -0.366. The van der Waals surface area contributed by atoms with Crippen LogP contribution in [0.15, 0.2) is 12.3 Å². The molecule has 25 heavy (non-hydrogen) atoms. The number of carbonyl (C=O) groups excluding carboxylic acids is 1. The van der Waals surface area contributed by atoms with Crippen molar-refractivity contribution in [3.63, 3.8) is 0 Å². The first-order valence-corrected chi connectivity index (χ1v) is 10.6. The van der Waals surface area contributed by atoms with Crippen LogP contribution in [0.1, 0.15) is 110 Å². The first-order chi connectivity index (χ1) is 12.3. The van der Waals surface area contributed by atoms with E-state index in [4.69, 9.17) is 5.11 Å². The third kappa shape index (κ3) is 20.9. The summed E-state index contributed by atoms with van der Waals surface area (Å²) in [6.45, 7) is 1.94. The molecule has 0 radical (unpaired) electrons. The number of rotatable bonds is 18. The van der Waals surface area contributed by atoms with Gasteiger partial charge in [0.25, 0.3) is 0 Å². The topological polar surface area (TPSA) is 61.4 Å². The number of hydrogen-bond acceptors (Lipinski definition) is 2. The lowest BCUT2D eigenvalue weighted by molar-refractivity contribution is 0.220. The van der Waals surface area contributed by atoms with E-state index in [0.717, 1.165) is 6.42 Å². The molecular formula is C21H42N2O2. The van der Waals surface area contributed by atoms with Crippen LogP contribution in [0.25, 0.3) is 0 Å². The molecule has 0 rings (SSSR count). The van der Waals surface area contributed by atoms with Gasteiger partial charge in [-0.25, -0.2) is 4.79 Å². The molecule has 3 N–H and O–H groups in total. The zero-order valence-corrected chi connectivity index (χ0v) is 16.5. The minimum atomic E-state index is -0.366. The van der Waals surface area contributed by atoms with E-state index >= 15 is 0 Å². The summed E-state index contributed by atoms with van der Waals surface area (Å²) < 4.78 is 0. The van der Waals surface area contributed by atoms with Crippen LogP contribution in [-0.2, 0) is 0 Å². The maximum Gasteiger partial charge on any atom is 0.320 e. The van der Waals surface area contributed by atoms with Crippen molar-refractivity contribution < 1.29 is 9.90 Å². The third-order valence-electron chi connectivity index (χ3n) is 4.55. The number of urea groups is 1. The van der Waals surface area contributed by atoms with Crippen LogP contribution in [0.2, 0.25) is 0 Å². The normalized spacial score (nSPS) is 11.1. The van der Waals surface area contributed by atoms with Crippen molar-refractivity contribution >= 4 is 6.03 Å². The second-order valence-electron chi connectivity index (χ2n) is 6.95.